The van der Waals surface area contributed by atoms with E-state index in [9.17, 15) is 4.79 Å². The quantitative estimate of drug-likeness (QED) is 0.873. The molecule has 1 aliphatic rings. The number of nitrogens with one attached hydrogen (secondary N) is 2. The van der Waals surface area contributed by atoms with Crippen LogP contribution in [0.1, 0.15) is 64.2 Å². The van der Waals surface area contributed by atoms with Gasteiger partial charge < -0.3 is 15.4 Å². The van der Waals surface area contributed by atoms with E-state index >= 15 is 0 Å². The Hall–Kier alpha value is -1.55. The molecule has 0 unspecified atom stereocenters. The summed E-state index contributed by atoms with van der Waals surface area (Å²) in [4.78, 5) is 12.6. The first-order valence-corrected chi connectivity index (χ1v) is 8.54. The van der Waals surface area contributed by atoms with E-state index < -0.39 is 0 Å². The normalized spacial score (nSPS) is 20.0. The van der Waals surface area contributed by atoms with Crippen LogP contribution < -0.4 is 15.4 Å². The lowest BCUT2D eigenvalue weighted by atomic mass is 9.79. The maximum atomic E-state index is 12.6. The van der Waals surface area contributed by atoms with E-state index in [1.807, 2.05) is 24.3 Å². The Balaban J connectivity index is 2.04. The Kier molecular flexibility index (Phi) is 5.35. The Labute approximate surface area is 140 Å². The molecule has 1 aromatic rings. The second kappa shape index (κ2) is 6.91. The van der Waals surface area contributed by atoms with E-state index in [1.165, 1.54) is 0 Å². The molecule has 0 radical (unpaired) electrons. The molecule has 128 valence electrons. The average Bonchev–Trinajstić information content (AvgIpc) is 2.42. The third kappa shape index (κ3) is 5.24. The largest absolute Gasteiger partial charge is 0.494 e. The lowest BCUT2D eigenvalue weighted by molar-refractivity contribution is 0.0872. The highest BCUT2D eigenvalue weighted by molar-refractivity contribution is 5.94. The minimum atomic E-state index is -0.0227. The molecule has 0 atom stereocenters. The number of carbonyl (C=O) groups is 1. The van der Waals surface area contributed by atoms with Crippen molar-refractivity contribution in [3.63, 3.8) is 0 Å². The molecule has 1 amide bonds. The minimum absolute atomic E-state index is 0.0196. The van der Waals surface area contributed by atoms with Gasteiger partial charge in [-0.3, -0.25) is 4.79 Å². The maximum Gasteiger partial charge on any atom is 0.251 e. The third-order valence-corrected chi connectivity index (χ3v) is 4.09. The molecule has 0 spiro atoms. The van der Waals surface area contributed by atoms with Gasteiger partial charge in [-0.05, 0) is 65.2 Å². The predicted octanol–water partition coefficient (Wildman–Crippen LogP) is 3.51. The fourth-order valence-corrected chi connectivity index (χ4v) is 3.64. The summed E-state index contributed by atoms with van der Waals surface area (Å²) in [7, 11) is 0. The molecule has 0 bridgehead atoms. The molecule has 1 aliphatic heterocycles. The van der Waals surface area contributed by atoms with E-state index in [0.29, 0.717) is 12.2 Å². The zero-order valence-electron chi connectivity index (χ0n) is 15.0. The lowest BCUT2D eigenvalue weighted by Gasteiger charge is -2.46. The first-order valence-electron chi connectivity index (χ1n) is 8.54. The van der Waals surface area contributed by atoms with Crippen molar-refractivity contribution in [2.24, 2.45) is 0 Å². The highest BCUT2D eigenvalue weighted by atomic mass is 16.5. The van der Waals surface area contributed by atoms with Crippen LogP contribution >= 0.6 is 0 Å². The number of amides is 1. The fraction of sp³-hybridized carbons (Fsp3) is 0.632. The number of ether oxygens (including phenoxy) is 1. The van der Waals surface area contributed by atoms with Crippen molar-refractivity contribution < 1.29 is 9.53 Å². The third-order valence-electron chi connectivity index (χ3n) is 4.09. The number of benzene rings is 1. The van der Waals surface area contributed by atoms with Crippen molar-refractivity contribution in [2.75, 3.05) is 6.61 Å². The van der Waals surface area contributed by atoms with Gasteiger partial charge in [-0.25, -0.2) is 0 Å². The van der Waals surface area contributed by atoms with Gasteiger partial charge in [-0.15, -0.1) is 0 Å². The number of hydrogen-bond acceptors (Lipinski definition) is 3. The summed E-state index contributed by atoms with van der Waals surface area (Å²) in [5.74, 6) is 0.732. The molecule has 0 aromatic heterocycles. The Morgan fingerprint density at radius 2 is 1.91 bits per heavy atom. The molecular weight excluding hydrogens is 288 g/mol. The average molecular weight is 318 g/mol. The van der Waals surface area contributed by atoms with E-state index in [1.54, 1.807) is 0 Å². The highest BCUT2D eigenvalue weighted by Crippen LogP contribution is 2.28. The zero-order valence-corrected chi connectivity index (χ0v) is 15.0. The van der Waals surface area contributed by atoms with Crippen molar-refractivity contribution in [3.8, 4) is 5.75 Å². The Morgan fingerprint density at radius 1 is 1.26 bits per heavy atom. The Morgan fingerprint density at radius 3 is 2.52 bits per heavy atom. The van der Waals surface area contributed by atoms with Crippen LogP contribution in [-0.4, -0.2) is 29.6 Å². The molecule has 1 saturated heterocycles. The van der Waals surface area contributed by atoms with Gasteiger partial charge in [0.05, 0.1) is 6.61 Å². The van der Waals surface area contributed by atoms with Gasteiger partial charge in [0.15, 0.2) is 0 Å². The second-order valence-corrected chi connectivity index (χ2v) is 7.85. The first kappa shape index (κ1) is 17.8. The smallest absolute Gasteiger partial charge is 0.251 e. The summed E-state index contributed by atoms with van der Waals surface area (Å²) in [6.45, 7) is 11.5. The van der Waals surface area contributed by atoms with Crippen LogP contribution in [-0.2, 0) is 0 Å². The van der Waals surface area contributed by atoms with Gasteiger partial charge in [0.1, 0.15) is 5.75 Å². The van der Waals surface area contributed by atoms with Crippen LogP contribution in [0.25, 0.3) is 0 Å². The molecule has 2 rings (SSSR count). The molecule has 1 fully saturated rings. The first-order chi connectivity index (χ1) is 10.7. The zero-order chi connectivity index (χ0) is 17.1. The number of hydrogen-bond donors (Lipinski definition) is 2. The molecule has 0 aliphatic carbocycles. The van der Waals surface area contributed by atoms with E-state index in [2.05, 4.69) is 45.3 Å². The maximum absolute atomic E-state index is 12.6. The minimum Gasteiger partial charge on any atom is -0.494 e. The van der Waals surface area contributed by atoms with Crippen LogP contribution in [0.15, 0.2) is 24.3 Å². The molecule has 23 heavy (non-hydrogen) atoms. The fourth-order valence-electron chi connectivity index (χ4n) is 3.64. The molecule has 1 aromatic carbocycles. The van der Waals surface area contributed by atoms with Crippen molar-refractivity contribution in [1.29, 1.82) is 0 Å². The van der Waals surface area contributed by atoms with E-state index in [-0.39, 0.29) is 23.0 Å². The van der Waals surface area contributed by atoms with E-state index in [0.717, 1.165) is 25.0 Å². The van der Waals surface area contributed by atoms with Crippen LogP contribution in [0.4, 0.5) is 0 Å². The van der Waals surface area contributed by atoms with Crippen LogP contribution in [0.3, 0.4) is 0 Å². The van der Waals surface area contributed by atoms with Gasteiger partial charge in [-0.1, -0.05) is 13.0 Å². The SMILES string of the molecule is CCCOc1cccc(C(=O)NC2CC(C)(C)NC(C)(C)C2)c1. The standard InChI is InChI=1S/C19H30N2O2/c1-6-10-23-16-9-7-8-14(11-16)17(22)20-15-12-18(2,3)21-19(4,5)13-15/h7-9,11,15,21H,6,10,12-13H2,1-5H3,(H,20,22). The summed E-state index contributed by atoms with van der Waals surface area (Å²) >= 11 is 0. The van der Waals surface area contributed by atoms with Gasteiger partial charge in [-0.2, -0.15) is 0 Å². The molecule has 2 N–H and O–H groups in total. The molecule has 4 heteroatoms. The summed E-state index contributed by atoms with van der Waals surface area (Å²) in [6, 6.07) is 7.60. The monoisotopic (exact) mass is 318 g/mol. The van der Waals surface area contributed by atoms with Gasteiger partial charge in [0, 0.05) is 22.7 Å². The predicted molar refractivity (Wildman–Crippen MR) is 94.0 cm³/mol. The van der Waals surface area contributed by atoms with Crippen molar-refractivity contribution >= 4 is 5.91 Å². The molecular formula is C19H30N2O2. The van der Waals surface area contributed by atoms with Gasteiger partial charge >= 0.3 is 0 Å². The summed E-state index contributed by atoms with van der Waals surface area (Å²) in [6.07, 6.45) is 2.80. The summed E-state index contributed by atoms with van der Waals surface area (Å²) < 4.78 is 5.61. The van der Waals surface area contributed by atoms with Crippen LogP contribution in [0.5, 0.6) is 5.75 Å². The second-order valence-electron chi connectivity index (χ2n) is 7.85. The molecule has 1 heterocycles. The van der Waals surface area contributed by atoms with Gasteiger partial charge in [0.25, 0.3) is 5.91 Å². The van der Waals surface area contributed by atoms with Crippen molar-refractivity contribution in [1.82, 2.24) is 10.6 Å². The van der Waals surface area contributed by atoms with Crippen molar-refractivity contribution in [3.05, 3.63) is 29.8 Å². The number of piperidine rings is 1. The Bertz CT molecular complexity index is 536. The highest BCUT2D eigenvalue weighted by Gasteiger charge is 2.38. The number of rotatable bonds is 5. The molecule has 4 nitrogen and oxygen atoms in total. The van der Waals surface area contributed by atoms with Crippen LogP contribution in [0, 0.1) is 0 Å². The van der Waals surface area contributed by atoms with Crippen LogP contribution in [0.2, 0.25) is 0 Å². The number of carbonyl (C=O) groups excluding carboxylic acids is 1. The summed E-state index contributed by atoms with van der Waals surface area (Å²) in [5, 5.41) is 6.83. The lowest BCUT2D eigenvalue weighted by Crippen LogP contribution is -2.62. The van der Waals surface area contributed by atoms with Gasteiger partial charge in [0.2, 0.25) is 0 Å². The van der Waals surface area contributed by atoms with E-state index in [4.69, 9.17) is 4.74 Å². The molecule has 0 saturated carbocycles. The summed E-state index contributed by atoms with van der Waals surface area (Å²) in [5.41, 5.74) is 0.699. The topological polar surface area (TPSA) is 50.4 Å². The van der Waals surface area contributed by atoms with Crippen molar-refractivity contribution in [2.45, 2.75) is 71.0 Å².